The highest BCUT2D eigenvalue weighted by molar-refractivity contribution is 6.29. The van der Waals surface area contributed by atoms with Gasteiger partial charge in [-0.05, 0) is 12.5 Å². The number of benzene rings is 1. The van der Waals surface area contributed by atoms with Gasteiger partial charge in [0.05, 0.1) is 0 Å². The Morgan fingerprint density at radius 3 is 2.59 bits per heavy atom. The molecule has 0 radical (unpaired) electrons. The number of nitrogen functional groups attached to an aromatic ring is 1. The summed E-state index contributed by atoms with van der Waals surface area (Å²) in [7, 11) is 0. The Morgan fingerprint density at radius 1 is 1.14 bits per heavy atom. The average Bonchev–Trinajstić information content (AvgIpc) is 2.47. The van der Waals surface area contributed by atoms with Crippen LogP contribution in [-0.4, -0.2) is 41.0 Å². The molecule has 1 fully saturated rings. The molecule has 1 aromatic heterocycles. The first-order valence-corrected chi connectivity index (χ1v) is 7.81. The Labute approximate surface area is 135 Å². The van der Waals surface area contributed by atoms with Crippen LogP contribution in [0.1, 0.15) is 11.1 Å². The second-order valence-electron chi connectivity index (χ2n) is 5.66. The van der Waals surface area contributed by atoms with Gasteiger partial charge in [0.15, 0.2) is 0 Å². The number of aromatic nitrogens is 2. The van der Waals surface area contributed by atoms with E-state index in [1.54, 1.807) is 6.07 Å². The smallest absolute Gasteiger partial charge is 0.223 e. The van der Waals surface area contributed by atoms with E-state index in [-0.39, 0.29) is 5.95 Å². The number of hydrogen-bond donors (Lipinski definition) is 1. The number of anilines is 2. The number of halogens is 1. The van der Waals surface area contributed by atoms with Crippen molar-refractivity contribution >= 4 is 23.4 Å². The van der Waals surface area contributed by atoms with Crippen molar-refractivity contribution in [2.75, 3.05) is 36.8 Å². The van der Waals surface area contributed by atoms with Crippen LogP contribution in [0, 0.1) is 6.92 Å². The van der Waals surface area contributed by atoms with E-state index in [9.17, 15) is 0 Å². The highest BCUT2D eigenvalue weighted by atomic mass is 35.5. The average molecular weight is 318 g/mol. The number of hydrogen-bond acceptors (Lipinski definition) is 5. The van der Waals surface area contributed by atoms with Gasteiger partial charge in [0.2, 0.25) is 5.95 Å². The molecule has 6 heteroatoms. The maximum absolute atomic E-state index is 5.95. The van der Waals surface area contributed by atoms with Gasteiger partial charge in [-0.1, -0.05) is 41.4 Å². The third-order valence-corrected chi connectivity index (χ3v) is 4.08. The van der Waals surface area contributed by atoms with Crippen LogP contribution in [0.3, 0.4) is 0 Å². The fourth-order valence-corrected chi connectivity index (χ4v) is 2.97. The van der Waals surface area contributed by atoms with E-state index in [1.807, 2.05) is 0 Å². The third-order valence-electron chi connectivity index (χ3n) is 3.88. The van der Waals surface area contributed by atoms with Gasteiger partial charge in [-0.2, -0.15) is 4.98 Å². The molecule has 3 rings (SSSR count). The summed E-state index contributed by atoms with van der Waals surface area (Å²) in [5, 5.41) is 0.393. The number of rotatable bonds is 3. The summed E-state index contributed by atoms with van der Waals surface area (Å²) in [6.07, 6.45) is 0. The Kier molecular flexibility index (Phi) is 4.45. The zero-order valence-corrected chi connectivity index (χ0v) is 13.4. The summed E-state index contributed by atoms with van der Waals surface area (Å²) >= 11 is 5.95. The zero-order chi connectivity index (χ0) is 15.5. The van der Waals surface area contributed by atoms with Crippen molar-refractivity contribution in [1.82, 2.24) is 14.9 Å². The van der Waals surface area contributed by atoms with Gasteiger partial charge < -0.3 is 10.6 Å². The molecule has 22 heavy (non-hydrogen) atoms. The van der Waals surface area contributed by atoms with E-state index in [1.165, 1.54) is 11.1 Å². The molecule has 0 atom stereocenters. The highest BCUT2D eigenvalue weighted by Crippen LogP contribution is 2.19. The first kappa shape index (κ1) is 15.1. The molecule has 116 valence electrons. The van der Waals surface area contributed by atoms with Crippen molar-refractivity contribution in [3.63, 3.8) is 0 Å². The van der Waals surface area contributed by atoms with E-state index in [0.717, 1.165) is 38.5 Å². The maximum Gasteiger partial charge on any atom is 0.223 e. The van der Waals surface area contributed by atoms with Gasteiger partial charge in [0, 0.05) is 38.8 Å². The van der Waals surface area contributed by atoms with Crippen molar-refractivity contribution in [3.8, 4) is 0 Å². The quantitative estimate of drug-likeness (QED) is 0.881. The Morgan fingerprint density at radius 2 is 1.91 bits per heavy atom. The second kappa shape index (κ2) is 6.50. The summed E-state index contributed by atoms with van der Waals surface area (Å²) in [5.41, 5.74) is 8.34. The van der Waals surface area contributed by atoms with Gasteiger partial charge >= 0.3 is 0 Å². The summed E-state index contributed by atoms with van der Waals surface area (Å²) in [4.78, 5) is 12.8. The van der Waals surface area contributed by atoms with Crippen molar-refractivity contribution in [2.45, 2.75) is 13.5 Å². The first-order chi connectivity index (χ1) is 10.6. The van der Waals surface area contributed by atoms with E-state index in [0.29, 0.717) is 5.15 Å². The van der Waals surface area contributed by atoms with Crippen molar-refractivity contribution in [2.24, 2.45) is 0 Å². The van der Waals surface area contributed by atoms with Crippen molar-refractivity contribution < 1.29 is 0 Å². The van der Waals surface area contributed by atoms with Crippen LogP contribution >= 0.6 is 11.6 Å². The minimum Gasteiger partial charge on any atom is -0.368 e. The molecule has 1 aliphatic rings. The first-order valence-electron chi connectivity index (χ1n) is 7.43. The lowest BCUT2D eigenvalue weighted by molar-refractivity contribution is 0.249. The standard InChI is InChI=1S/C16H20ClN5/c1-12-3-2-4-13(9-12)11-21-5-7-22(8-6-21)15-10-14(17)19-16(18)20-15/h2-4,9-10H,5-8,11H2,1H3,(H2,18,19,20). The molecule has 0 saturated carbocycles. The molecule has 2 aromatic rings. The normalized spacial score (nSPS) is 16.0. The second-order valence-corrected chi connectivity index (χ2v) is 6.05. The highest BCUT2D eigenvalue weighted by Gasteiger charge is 2.19. The summed E-state index contributed by atoms with van der Waals surface area (Å²) < 4.78 is 0. The number of nitrogens with zero attached hydrogens (tertiary/aromatic N) is 4. The van der Waals surface area contributed by atoms with Crippen LogP contribution in [0.4, 0.5) is 11.8 Å². The maximum atomic E-state index is 5.95. The van der Waals surface area contributed by atoms with Gasteiger partial charge in [0.25, 0.3) is 0 Å². The lowest BCUT2D eigenvalue weighted by Gasteiger charge is -2.35. The van der Waals surface area contributed by atoms with E-state index < -0.39 is 0 Å². The fraction of sp³-hybridized carbons (Fsp3) is 0.375. The monoisotopic (exact) mass is 317 g/mol. The molecule has 0 spiro atoms. The lowest BCUT2D eigenvalue weighted by Crippen LogP contribution is -2.46. The van der Waals surface area contributed by atoms with Crippen LogP contribution in [0.25, 0.3) is 0 Å². The number of aryl methyl sites for hydroxylation is 1. The topological polar surface area (TPSA) is 58.3 Å². The van der Waals surface area contributed by atoms with Crippen LogP contribution in [0.15, 0.2) is 30.3 Å². The summed E-state index contributed by atoms with van der Waals surface area (Å²) in [5.74, 6) is 1.04. The molecule has 1 aromatic carbocycles. The van der Waals surface area contributed by atoms with Crippen molar-refractivity contribution in [1.29, 1.82) is 0 Å². The van der Waals surface area contributed by atoms with Gasteiger partial charge in [-0.3, -0.25) is 4.90 Å². The van der Waals surface area contributed by atoms with Gasteiger partial charge in [-0.15, -0.1) is 0 Å². The summed E-state index contributed by atoms with van der Waals surface area (Å²) in [6, 6.07) is 10.5. The van der Waals surface area contributed by atoms with Crippen LogP contribution in [0.2, 0.25) is 5.15 Å². The van der Waals surface area contributed by atoms with Crippen LogP contribution < -0.4 is 10.6 Å². The van der Waals surface area contributed by atoms with Gasteiger partial charge in [-0.25, -0.2) is 4.98 Å². The molecule has 2 N–H and O–H groups in total. The van der Waals surface area contributed by atoms with Gasteiger partial charge in [0.1, 0.15) is 11.0 Å². The molecule has 1 saturated heterocycles. The molecular formula is C16H20ClN5. The Balaban J connectivity index is 1.60. The zero-order valence-electron chi connectivity index (χ0n) is 12.7. The predicted octanol–water partition coefficient (Wildman–Crippen LogP) is 2.34. The lowest BCUT2D eigenvalue weighted by atomic mass is 10.1. The predicted molar refractivity (Wildman–Crippen MR) is 90.1 cm³/mol. The number of piperazine rings is 1. The molecule has 5 nitrogen and oxygen atoms in total. The van der Waals surface area contributed by atoms with E-state index in [4.69, 9.17) is 17.3 Å². The van der Waals surface area contributed by atoms with Crippen molar-refractivity contribution in [3.05, 3.63) is 46.6 Å². The minimum atomic E-state index is 0.227. The Bertz CT molecular complexity index is 632. The molecule has 0 unspecified atom stereocenters. The Hall–Kier alpha value is -1.85. The van der Waals surface area contributed by atoms with Crippen LogP contribution in [0.5, 0.6) is 0 Å². The fourth-order valence-electron chi connectivity index (χ4n) is 2.79. The molecule has 0 aliphatic carbocycles. The van der Waals surface area contributed by atoms with Crippen LogP contribution in [-0.2, 0) is 6.54 Å². The number of nitrogens with two attached hydrogens (primary N) is 1. The molecular weight excluding hydrogens is 298 g/mol. The minimum absolute atomic E-state index is 0.227. The largest absolute Gasteiger partial charge is 0.368 e. The third kappa shape index (κ3) is 3.67. The molecule has 1 aliphatic heterocycles. The molecule has 0 bridgehead atoms. The SMILES string of the molecule is Cc1cccc(CN2CCN(c3cc(Cl)nc(N)n3)CC2)c1. The summed E-state index contributed by atoms with van der Waals surface area (Å²) in [6.45, 7) is 6.94. The van der Waals surface area contributed by atoms with E-state index in [2.05, 4.69) is 51.0 Å². The molecule has 2 heterocycles. The molecule has 0 amide bonds. The van der Waals surface area contributed by atoms with E-state index >= 15 is 0 Å².